The number of nitrogens with zero attached hydrogens (tertiary/aromatic N) is 4. The van der Waals surface area contributed by atoms with Crippen molar-refractivity contribution < 1.29 is 19.0 Å². The Hall–Kier alpha value is -3.62. The topological polar surface area (TPSA) is 100 Å². The van der Waals surface area contributed by atoms with Gasteiger partial charge in [-0.05, 0) is 17.2 Å². The van der Waals surface area contributed by atoms with Gasteiger partial charge in [0.1, 0.15) is 28.9 Å². The van der Waals surface area contributed by atoms with Crippen LogP contribution in [0.5, 0.6) is 17.2 Å². The number of ether oxygens (including phenoxy) is 3. The summed E-state index contributed by atoms with van der Waals surface area (Å²) in [5.41, 5.74) is 1.17. The summed E-state index contributed by atoms with van der Waals surface area (Å²) in [6.07, 6.45) is 12.6. The van der Waals surface area contributed by atoms with Gasteiger partial charge in [-0.2, -0.15) is 4.80 Å². The Labute approximate surface area is 232 Å². The molecule has 3 rings (SSSR count). The van der Waals surface area contributed by atoms with Crippen LogP contribution in [-0.2, 0) is 11.3 Å². The third-order valence-electron chi connectivity index (χ3n) is 6.80. The maximum Gasteiger partial charge on any atom is 0.240 e. The minimum Gasteiger partial charge on any atom is -0.496 e. The van der Waals surface area contributed by atoms with Gasteiger partial charge in [0.05, 0.1) is 27.9 Å². The highest BCUT2D eigenvalue weighted by molar-refractivity contribution is 6.00. The number of benzene rings is 2. The van der Waals surface area contributed by atoms with E-state index in [0.717, 1.165) is 18.4 Å². The van der Waals surface area contributed by atoms with Crippen molar-refractivity contribution in [1.82, 2.24) is 20.2 Å². The van der Waals surface area contributed by atoms with Gasteiger partial charge < -0.3 is 19.5 Å². The number of amides is 1. The predicted octanol–water partition coefficient (Wildman–Crippen LogP) is 6.39. The molecule has 0 radical (unpaired) electrons. The van der Waals surface area contributed by atoms with Gasteiger partial charge in [-0.1, -0.05) is 95.0 Å². The van der Waals surface area contributed by atoms with E-state index in [4.69, 9.17) is 14.2 Å². The first-order chi connectivity index (χ1) is 19.1. The van der Waals surface area contributed by atoms with E-state index in [1.165, 1.54) is 65.6 Å². The average Bonchev–Trinajstić information content (AvgIpc) is 3.42. The van der Waals surface area contributed by atoms with E-state index >= 15 is 0 Å². The average molecular weight is 538 g/mol. The number of hydrogen-bond acceptors (Lipinski definition) is 7. The van der Waals surface area contributed by atoms with Crippen molar-refractivity contribution in [1.29, 1.82) is 0 Å². The number of rotatable bonds is 18. The second-order valence-electron chi connectivity index (χ2n) is 9.67. The summed E-state index contributed by atoms with van der Waals surface area (Å²) in [4.78, 5) is 15.3. The number of carbonyl (C=O) groups excluding carboxylic acids is 1. The molecule has 1 amide bonds. The van der Waals surface area contributed by atoms with Gasteiger partial charge in [0.15, 0.2) is 5.82 Å². The highest BCUT2D eigenvalue weighted by Crippen LogP contribution is 2.39. The Morgan fingerprint density at radius 1 is 0.846 bits per heavy atom. The highest BCUT2D eigenvalue weighted by atomic mass is 16.5. The lowest BCUT2D eigenvalue weighted by Gasteiger charge is -2.18. The number of unbranched alkanes of at least 4 members (excludes halogenated alkanes) is 9. The molecule has 1 N–H and O–H groups in total. The molecule has 0 spiro atoms. The molecule has 212 valence electrons. The summed E-state index contributed by atoms with van der Waals surface area (Å²) >= 11 is 0. The van der Waals surface area contributed by atoms with Gasteiger partial charge in [-0.15, -0.1) is 10.2 Å². The Morgan fingerprint density at radius 2 is 1.44 bits per heavy atom. The molecule has 1 aromatic heterocycles. The molecule has 0 unspecified atom stereocenters. The molecule has 0 saturated heterocycles. The number of tetrazole rings is 1. The van der Waals surface area contributed by atoms with Crippen molar-refractivity contribution >= 4 is 11.6 Å². The van der Waals surface area contributed by atoms with Gasteiger partial charge in [0.2, 0.25) is 5.91 Å². The van der Waals surface area contributed by atoms with Gasteiger partial charge >= 0.3 is 0 Å². The molecular formula is C30H43N5O4. The third-order valence-corrected chi connectivity index (χ3v) is 6.80. The fourth-order valence-electron chi connectivity index (χ4n) is 4.59. The van der Waals surface area contributed by atoms with Crippen LogP contribution in [0, 0.1) is 0 Å². The Balaban J connectivity index is 1.65. The largest absolute Gasteiger partial charge is 0.496 e. The first-order valence-corrected chi connectivity index (χ1v) is 14.0. The molecule has 2 aromatic carbocycles. The monoisotopic (exact) mass is 537 g/mol. The van der Waals surface area contributed by atoms with Crippen LogP contribution < -0.4 is 19.5 Å². The summed E-state index contributed by atoms with van der Waals surface area (Å²) in [5.74, 6) is 0.661. The van der Waals surface area contributed by atoms with Crippen LogP contribution in [0.15, 0.2) is 42.5 Å². The van der Waals surface area contributed by atoms with E-state index in [1.54, 1.807) is 24.0 Å². The van der Waals surface area contributed by atoms with Crippen LogP contribution >= 0.6 is 0 Å². The van der Waals surface area contributed by atoms with E-state index in [2.05, 4.69) is 27.7 Å². The van der Waals surface area contributed by atoms with E-state index in [0.29, 0.717) is 35.3 Å². The van der Waals surface area contributed by atoms with Gasteiger partial charge in [0, 0.05) is 12.1 Å². The molecular weight excluding hydrogens is 494 g/mol. The van der Waals surface area contributed by atoms with Crippen LogP contribution in [0.2, 0.25) is 0 Å². The minimum atomic E-state index is -0.760. The van der Waals surface area contributed by atoms with Crippen molar-refractivity contribution in [2.45, 2.75) is 83.6 Å². The summed E-state index contributed by atoms with van der Waals surface area (Å²) < 4.78 is 16.3. The van der Waals surface area contributed by atoms with Crippen molar-refractivity contribution in [3.05, 3.63) is 53.9 Å². The van der Waals surface area contributed by atoms with E-state index in [9.17, 15) is 4.79 Å². The van der Waals surface area contributed by atoms with Crippen LogP contribution in [-0.4, -0.2) is 47.4 Å². The normalized spacial score (nSPS) is 11.7. The molecule has 0 saturated carbocycles. The smallest absolute Gasteiger partial charge is 0.240 e. The van der Waals surface area contributed by atoms with E-state index in [-0.39, 0.29) is 5.91 Å². The second-order valence-corrected chi connectivity index (χ2v) is 9.67. The van der Waals surface area contributed by atoms with Crippen molar-refractivity contribution in [3.63, 3.8) is 0 Å². The summed E-state index contributed by atoms with van der Waals surface area (Å²) in [6.45, 7) is 2.92. The fourth-order valence-corrected chi connectivity index (χ4v) is 4.59. The third kappa shape index (κ3) is 8.97. The van der Waals surface area contributed by atoms with Crippen molar-refractivity contribution in [2.75, 3.05) is 26.6 Å². The van der Waals surface area contributed by atoms with Gasteiger partial charge in [0.25, 0.3) is 0 Å². The molecule has 1 atom stereocenters. The van der Waals surface area contributed by atoms with Crippen molar-refractivity contribution in [2.24, 2.45) is 0 Å². The Kier molecular flexibility index (Phi) is 12.6. The lowest BCUT2D eigenvalue weighted by atomic mass is 9.97. The van der Waals surface area contributed by atoms with Gasteiger partial charge in [-0.3, -0.25) is 4.79 Å². The number of aryl methyl sites for hydroxylation is 1. The van der Waals surface area contributed by atoms with Crippen LogP contribution in [0.25, 0.3) is 0 Å². The van der Waals surface area contributed by atoms with E-state index < -0.39 is 5.92 Å². The first-order valence-electron chi connectivity index (χ1n) is 14.0. The molecule has 1 heterocycles. The summed E-state index contributed by atoms with van der Waals surface area (Å²) in [6, 6.07) is 12.8. The molecule has 0 aliphatic rings. The number of hydrogen-bond donors (Lipinski definition) is 1. The summed E-state index contributed by atoms with van der Waals surface area (Å²) in [7, 11) is 4.61. The number of carbonyl (C=O) groups is 1. The molecule has 0 fully saturated rings. The first kappa shape index (κ1) is 29.9. The molecule has 0 aliphatic carbocycles. The lowest BCUT2D eigenvalue weighted by molar-refractivity contribution is -0.116. The molecule has 3 aromatic rings. The maximum atomic E-state index is 13.7. The van der Waals surface area contributed by atoms with Gasteiger partial charge in [-0.25, -0.2) is 0 Å². The maximum absolute atomic E-state index is 13.7. The van der Waals surface area contributed by atoms with Crippen molar-refractivity contribution in [3.8, 4) is 17.2 Å². The zero-order chi connectivity index (χ0) is 27.9. The fraction of sp³-hybridized carbons (Fsp3) is 0.533. The molecule has 9 heteroatoms. The Morgan fingerprint density at radius 3 is 2.00 bits per heavy atom. The minimum absolute atomic E-state index is 0.318. The SMILES string of the molecule is CCCCCCCCCCCCn1nnc([C@@H](C(=O)Nc2c(OC)cc(OC)cc2OC)c2ccccc2)n1. The predicted molar refractivity (Wildman–Crippen MR) is 153 cm³/mol. The molecule has 0 aliphatic heterocycles. The Bertz CT molecular complexity index is 1110. The summed E-state index contributed by atoms with van der Waals surface area (Å²) in [5, 5.41) is 16.1. The van der Waals surface area contributed by atoms with Crippen LogP contribution in [0.3, 0.4) is 0 Å². The molecule has 0 bridgehead atoms. The number of aromatic nitrogens is 4. The quantitative estimate of drug-likeness (QED) is 0.188. The highest BCUT2D eigenvalue weighted by Gasteiger charge is 2.29. The van der Waals surface area contributed by atoms with Crippen LogP contribution in [0.1, 0.15) is 88.4 Å². The van der Waals surface area contributed by atoms with Crippen LogP contribution in [0.4, 0.5) is 5.69 Å². The zero-order valence-corrected chi connectivity index (χ0v) is 23.8. The van der Waals surface area contributed by atoms with E-state index in [1.807, 2.05) is 30.3 Å². The number of methoxy groups -OCH3 is 3. The molecule has 39 heavy (non-hydrogen) atoms. The molecule has 9 nitrogen and oxygen atoms in total. The second kappa shape index (κ2) is 16.4. The number of anilines is 1. The lowest BCUT2D eigenvalue weighted by Crippen LogP contribution is -2.24. The zero-order valence-electron chi connectivity index (χ0n) is 23.8. The number of nitrogens with one attached hydrogen (secondary N) is 1. The standard InChI is InChI=1S/C30H43N5O4/c1-5-6-7-8-9-10-11-12-13-17-20-35-33-29(32-34-35)27(23-18-15-14-16-19-23)30(36)31-28-25(38-3)21-24(37-2)22-26(28)39-4/h14-16,18-19,21-22,27H,5-13,17,20H2,1-4H3,(H,31,36)/t27-/m0/s1.